The molecule has 7 heteroatoms. The minimum Gasteiger partial charge on any atom is -0.346 e. The first kappa shape index (κ1) is 21.6. The lowest BCUT2D eigenvalue weighted by atomic mass is 9.73. The fourth-order valence-electron chi connectivity index (χ4n) is 5.41. The van der Waals surface area contributed by atoms with Gasteiger partial charge in [0.2, 0.25) is 5.95 Å². The van der Waals surface area contributed by atoms with Gasteiger partial charge in [-0.2, -0.15) is 4.98 Å². The molecule has 2 aromatic heterocycles. The van der Waals surface area contributed by atoms with Crippen LogP contribution in [0.2, 0.25) is 0 Å². The lowest BCUT2D eigenvalue weighted by Gasteiger charge is -2.44. The molecule has 1 saturated heterocycles. The Morgan fingerprint density at radius 1 is 1.22 bits per heavy atom. The molecule has 5 rings (SSSR count). The molecular formula is C25H33N5OS. The van der Waals surface area contributed by atoms with Crippen molar-refractivity contribution in [2.75, 3.05) is 18.0 Å². The highest BCUT2D eigenvalue weighted by atomic mass is 32.2. The summed E-state index contributed by atoms with van der Waals surface area (Å²) in [7, 11) is 1.84. The second kappa shape index (κ2) is 7.66. The molecule has 1 aliphatic heterocycles. The van der Waals surface area contributed by atoms with Gasteiger partial charge in [0, 0.05) is 37.1 Å². The molecule has 1 fully saturated rings. The van der Waals surface area contributed by atoms with E-state index in [2.05, 4.69) is 59.6 Å². The topological polar surface area (TPSA) is 66.0 Å². The van der Waals surface area contributed by atoms with Crippen molar-refractivity contribution in [3.63, 3.8) is 0 Å². The van der Waals surface area contributed by atoms with Gasteiger partial charge in [-0.3, -0.25) is 14.1 Å². The van der Waals surface area contributed by atoms with Gasteiger partial charge >= 0.3 is 0 Å². The zero-order chi connectivity index (χ0) is 22.7. The fourth-order valence-corrected chi connectivity index (χ4v) is 6.26. The first-order valence-electron chi connectivity index (χ1n) is 11.5. The third-order valence-electron chi connectivity index (χ3n) is 7.13. The van der Waals surface area contributed by atoms with E-state index in [9.17, 15) is 4.79 Å². The molecule has 32 heavy (non-hydrogen) atoms. The van der Waals surface area contributed by atoms with Gasteiger partial charge in [-0.15, -0.1) is 0 Å². The minimum absolute atomic E-state index is 0.0263. The highest BCUT2D eigenvalue weighted by Crippen LogP contribution is 2.53. The van der Waals surface area contributed by atoms with Crippen molar-refractivity contribution >= 4 is 28.9 Å². The number of rotatable bonds is 3. The molecule has 2 N–H and O–H groups in total. The molecule has 1 aliphatic carbocycles. The van der Waals surface area contributed by atoms with Crippen molar-refractivity contribution in [3.05, 3.63) is 57.5 Å². The van der Waals surface area contributed by atoms with E-state index in [0.717, 1.165) is 43.9 Å². The van der Waals surface area contributed by atoms with E-state index in [0.29, 0.717) is 17.1 Å². The number of nitrogens with one attached hydrogen (secondary N) is 2. The van der Waals surface area contributed by atoms with Gasteiger partial charge in [-0.25, -0.2) is 0 Å². The smallest absolute Gasteiger partial charge is 0.264 e. The summed E-state index contributed by atoms with van der Waals surface area (Å²) < 4.78 is 5.74. The maximum Gasteiger partial charge on any atom is 0.264 e. The Bertz CT molecular complexity index is 1210. The fraction of sp³-hybridized carbons (Fsp3) is 0.520. The average molecular weight is 452 g/mol. The van der Waals surface area contributed by atoms with E-state index in [4.69, 9.17) is 4.98 Å². The number of hydrogen-bond acceptors (Lipinski definition) is 5. The average Bonchev–Trinajstić information content (AvgIpc) is 3.26. The normalized spacial score (nSPS) is 20.3. The van der Waals surface area contributed by atoms with Crippen molar-refractivity contribution in [2.24, 2.45) is 12.5 Å². The van der Waals surface area contributed by atoms with Crippen LogP contribution in [-0.2, 0) is 13.5 Å². The Labute approximate surface area is 193 Å². The van der Waals surface area contributed by atoms with Gasteiger partial charge in [0.15, 0.2) is 0 Å². The maximum atomic E-state index is 13.0. The molecule has 1 atom stereocenters. The summed E-state index contributed by atoms with van der Waals surface area (Å²) in [5.41, 5.74) is 4.79. The summed E-state index contributed by atoms with van der Waals surface area (Å²) in [4.78, 5) is 23.3. The predicted molar refractivity (Wildman–Crippen MR) is 133 cm³/mol. The first-order chi connectivity index (χ1) is 15.2. The van der Waals surface area contributed by atoms with E-state index >= 15 is 0 Å². The largest absolute Gasteiger partial charge is 0.346 e. The van der Waals surface area contributed by atoms with Gasteiger partial charge in [-0.05, 0) is 69.1 Å². The number of H-pyrrole nitrogens is 1. The van der Waals surface area contributed by atoms with Crippen LogP contribution >= 0.6 is 11.9 Å². The van der Waals surface area contributed by atoms with Crippen molar-refractivity contribution in [1.82, 2.24) is 19.3 Å². The molecule has 0 amide bonds. The zero-order valence-electron chi connectivity index (χ0n) is 19.7. The van der Waals surface area contributed by atoms with Crippen molar-refractivity contribution in [1.29, 1.82) is 0 Å². The van der Waals surface area contributed by atoms with Crippen LogP contribution in [-0.4, -0.2) is 32.4 Å². The molecule has 2 aliphatic rings. The van der Waals surface area contributed by atoms with Crippen molar-refractivity contribution < 1.29 is 0 Å². The Morgan fingerprint density at radius 2 is 1.94 bits per heavy atom. The Morgan fingerprint density at radius 3 is 2.66 bits per heavy atom. The Hall–Kier alpha value is -2.25. The summed E-state index contributed by atoms with van der Waals surface area (Å²) in [6.07, 6.45) is 5.12. The summed E-state index contributed by atoms with van der Waals surface area (Å²) in [6.45, 7) is 10.5. The van der Waals surface area contributed by atoms with Crippen LogP contribution in [0.15, 0.2) is 35.3 Å². The van der Waals surface area contributed by atoms with Crippen LogP contribution in [0.4, 0.5) is 5.95 Å². The molecule has 0 saturated carbocycles. The van der Waals surface area contributed by atoms with Gasteiger partial charge in [0.1, 0.15) is 5.65 Å². The molecular weight excluding hydrogens is 418 g/mol. The highest BCUT2D eigenvalue weighted by Gasteiger charge is 2.48. The number of hydrogen-bond donors (Lipinski definition) is 2. The lowest BCUT2D eigenvalue weighted by molar-refractivity contribution is 0.178. The first-order valence-corrected chi connectivity index (χ1v) is 12.3. The quantitative estimate of drug-likeness (QED) is 0.575. The number of aromatic nitrogens is 3. The van der Waals surface area contributed by atoms with Crippen LogP contribution in [0.1, 0.15) is 56.3 Å². The van der Waals surface area contributed by atoms with Gasteiger partial charge < -0.3 is 9.88 Å². The lowest BCUT2D eigenvalue weighted by Crippen LogP contribution is -2.46. The number of piperidine rings is 1. The van der Waals surface area contributed by atoms with E-state index < -0.39 is 0 Å². The summed E-state index contributed by atoms with van der Waals surface area (Å²) >= 11 is 1.84. The Balaban J connectivity index is 1.42. The van der Waals surface area contributed by atoms with E-state index in [1.165, 1.54) is 11.1 Å². The zero-order valence-corrected chi connectivity index (χ0v) is 20.5. The molecule has 3 aromatic rings. The van der Waals surface area contributed by atoms with Gasteiger partial charge in [0.25, 0.3) is 5.56 Å². The highest BCUT2D eigenvalue weighted by molar-refractivity contribution is 7.98. The van der Waals surface area contributed by atoms with Gasteiger partial charge in [0.05, 0.1) is 5.39 Å². The molecule has 3 heterocycles. The number of aryl methyl sites for hydroxylation is 1. The molecule has 1 unspecified atom stereocenters. The third-order valence-corrected chi connectivity index (χ3v) is 8.10. The molecule has 1 aromatic carbocycles. The second-order valence-corrected chi connectivity index (χ2v) is 12.1. The van der Waals surface area contributed by atoms with E-state index in [-0.39, 0.29) is 15.7 Å². The van der Waals surface area contributed by atoms with Gasteiger partial charge in [-0.1, -0.05) is 36.2 Å². The van der Waals surface area contributed by atoms with Crippen LogP contribution in [0.5, 0.6) is 0 Å². The predicted octanol–water partition coefficient (Wildman–Crippen LogP) is 4.49. The van der Waals surface area contributed by atoms with Crippen LogP contribution < -0.4 is 15.2 Å². The third kappa shape index (κ3) is 3.55. The summed E-state index contributed by atoms with van der Waals surface area (Å²) in [5, 5.41) is 0.694. The van der Waals surface area contributed by atoms with Crippen LogP contribution in [0.3, 0.4) is 0 Å². The summed E-state index contributed by atoms with van der Waals surface area (Å²) in [6, 6.07) is 9.25. The van der Waals surface area contributed by atoms with Crippen molar-refractivity contribution in [2.45, 2.75) is 57.7 Å². The number of fused-ring (bicyclic) bond motifs is 2. The molecule has 1 spiro atoms. The monoisotopic (exact) mass is 451 g/mol. The van der Waals surface area contributed by atoms with Crippen LogP contribution in [0.25, 0.3) is 11.0 Å². The minimum atomic E-state index is 0.0263. The number of benzene rings is 1. The number of anilines is 1. The SMILES string of the molecule is Cc1c[nH]c2nc(N3CCC4(CC3)Cc3ccccc3C4NSC(C)(C)C)n(C)c(=O)c12. The number of nitrogens with zero attached hydrogens (tertiary/aromatic N) is 3. The summed E-state index contributed by atoms with van der Waals surface area (Å²) in [5.74, 6) is 0.767. The van der Waals surface area contributed by atoms with Crippen LogP contribution in [0, 0.1) is 12.3 Å². The van der Waals surface area contributed by atoms with E-state index in [1.54, 1.807) is 4.57 Å². The number of aromatic amines is 1. The molecule has 0 radical (unpaired) electrons. The molecule has 170 valence electrons. The molecule has 6 nitrogen and oxygen atoms in total. The Kier molecular flexibility index (Phi) is 5.17. The second-order valence-electron chi connectivity index (χ2n) is 10.5. The standard InChI is InChI=1S/C25H33N5OS/c1-16-15-26-21-19(16)22(31)29(5)23(27-21)30-12-10-25(11-13-30)14-17-8-6-7-9-18(17)20(25)28-32-24(2,3)4/h6-9,15,20,26,28H,10-14H2,1-5H3. The van der Waals surface area contributed by atoms with E-state index in [1.807, 2.05) is 32.1 Å². The maximum absolute atomic E-state index is 13.0. The molecule has 0 bridgehead atoms. The van der Waals surface area contributed by atoms with Crippen molar-refractivity contribution in [3.8, 4) is 0 Å².